The summed E-state index contributed by atoms with van der Waals surface area (Å²) >= 11 is 0. The largest absolute Gasteiger partial charge is 0.573 e. The number of nitro groups is 1. The molecule has 0 amide bonds. The van der Waals surface area contributed by atoms with Gasteiger partial charge in [-0.2, -0.15) is 0 Å². The van der Waals surface area contributed by atoms with Crippen LogP contribution in [0.15, 0.2) is 42.5 Å². The fourth-order valence-electron chi connectivity index (χ4n) is 1.88. The molecule has 0 fully saturated rings. The van der Waals surface area contributed by atoms with E-state index in [-0.39, 0.29) is 11.4 Å². The third-order valence-electron chi connectivity index (χ3n) is 2.75. The lowest BCUT2D eigenvalue weighted by molar-refractivity contribution is -0.384. The molecule has 0 aliphatic rings. The zero-order valence-electron chi connectivity index (χ0n) is 10.8. The van der Waals surface area contributed by atoms with Crippen molar-refractivity contribution in [1.82, 2.24) is 0 Å². The molecule has 0 N–H and O–H groups in total. The molecule has 7 heteroatoms. The summed E-state index contributed by atoms with van der Waals surface area (Å²) in [6, 6.07) is 9.51. The quantitative estimate of drug-likeness (QED) is 0.620. The Morgan fingerprint density at radius 2 is 1.71 bits per heavy atom. The summed E-state index contributed by atoms with van der Waals surface area (Å²) in [4.78, 5) is 10.5. The summed E-state index contributed by atoms with van der Waals surface area (Å²) in [7, 11) is 0. The van der Waals surface area contributed by atoms with Crippen molar-refractivity contribution in [3.05, 3.63) is 58.1 Å². The number of nitrogens with zero attached hydrogens (tertiary/aromatic N) is 1. The zero-order valence-corrected chi connectivity index (χ0v) is 10.8. The summed E-state index contributed by atoms with van der Waals surface area (Å²) in [6.07, 6.45) is -4.77. The van der Waals surface area contributed by atoms with Crippen LogP contribution in [-0.2, 0) is 0 Å². The molecule has 0 radical (unpaired) electrons. The van der Waals surface area contributed by atoms with Crippen molar-refractivity contribution >= 4 is 5.69 Å². The van der Waals surface area contributed by atoms with Crippen molar-refractivity contribution in [2.45, 2.75) is 13.3 Å². The average Bonchev–Trinajstić information content (AvgIpc) is 2.37. The molecule has 0 heterocycles. The Bertz CT molecular complexity index is 666. The lowest BCUT2D eigenvalue weighted by Crippen LogP contribution is -2.16. The van der Waals surface area contributed by atoms with E-state index in [0.717, 1.165) is 17.7 Å². The molecule has 0 aromatic heterocycles. The van der Waals surface area contributed by atoms with Gasteiger partial charge in [0.25, 0.3) is 5.69 Å². The van der Waals surface area contributed by atoms with Gasteiger partial charge in [0, 0.05) is 6.07 Å². The molecule has 0 saturated carbocycles. The molecule has 0 bridgehead atoms. The van der Waals surface area contributed by atoms with E-state index in [2.05, 4.69) is 4.74 Å². The maximum Gasteiger partial charge on any atom is 0.573 e. The Kier molecular flexibility index (Phi) is 3.84. The number of halogens is 3. The molecule has 0 unspecified atom stereocenters. The van der Waals surface area contributed by atoms with Crippen LogP contribution in [0.1, 0.15) is 5.56 Å². The van der Waals surface area contributed by atoms with Crippen LogP contribution in [-0.4, -0.2) is 11.3 Å². The lowest BCUT2D eigenvalue weighted by Gasteiger charge is -2.09. The number of alkyl halides is 3. The van der Waals surface area contributed by atoms with Crippen LogP contribution in [0, 0.1) is 17.0 Å². The predicted molar refractivity (Wildman–Crippen MR) is 70.0 cm³/mol. The van der Waals surface area contributed by atoms with Crippen LogP contribution in [0.25, 0.3) is 11.1 Å². The second kappa shape index (κ2) is 5.43. The van der Waals surface area contributed by atoms with E-state index in [0.29, 0.717) is 11.1 Å². The van der Waals surface area contributed by atoms with Crippen molar-refractivity contribution in [2.75, 3.05) is 0 Å². The fraction of sp³-hybridized carbons (Fsp3) is 0.143. The van der Waals surface area contributed by atoms with Crippen molar-refractivity contribution in [2.24, 2.45) is 0 Å². The number of nitro benzene ring substituents is 1. The van der Waals surface area contributed by atoms with E-state index >= 15 is 0 Å². The van der Waals surface area contributed by atoms with Gasteiger partial charge in [-0.05, 0) is 30.7 Å². The van der Waals surface area contributed by atoms with Crippen LogP contribution < -0.4 is 4.74 Å². The SMILES string of the molecule is Cc1ccc([N+](=O)[O-])c(-c2ccc(OC(F)(F)F)cc2)c1. The highest BCUT2D eigenvalue weighted by molar-refractivity contribution is 5.74. The first-order valence-corrected chi connectivity index (χ1v) is 5.87. The van der Waals surface area contributed by atoms with Gasteiger partial charge in [0.05, 0.1) is 10.5 Å². The van der Waals surface area contributed by atoms with Gasteiger partial charge in [-0.15, -0.1) is 13.2 Å². The highest BCUT2D eigenvalue weighted by Gasteiger charge is 2.31. The standard InChI is InChI=1S/C14H10F3NO3/c1-9-2-7-13(18(19)20)12(8-9)10-3-5-11(6-4-10)21-14(15,16)17/h2-8H,1H3. The van der Waals surface area contributed by atoms with Gasteiger partial charge in [0.2, 0.25) is 0 Å². The van der Waals surface area contributed by atoms with Crippen LogP contribution in [0.3, 0.4) is 0 Å². The number of ether oxygens (including phenoxy) is 1. The third-order valence-corrected chi connectivity index (χ3v) is 2.75. The smallest absolute Gasteiger partial charge is 0.406 e. The van der Waals surface area contributed by atoms with Gasteiger partial charge >= 0.3 is 6.36 Å². The highest BCUT2D eigenvalue weighted by atomic mass is 19.4. The highest BCUT2D eigenvalue weighted by Crippen LogP contribution is 2.32. The Balaban J connectivity index is 2.39. The molecule has 2 aromatic rings. The van der Waals surface area contributed by atoms with Gasteiger partial charge < -0.3 is 4.74 Å². The predicted octanol–water partition coefficient (Wildman–Crippen LogP) is 4.47. The molecule has 0 spiro atoms. The second-order valence-electron chi connectivity index (χ2n) is 4.35. The number of rotatable bonds is 3. The van der Waals surface area contributed by atoms with Crippen molar-refractivity contribution in [3.8, 4) is 16.9 Å². The van der Waals surface area contributed by atoms with E-state index < -0.39 is 11.3 Å². The molecule has 0 atom stereocenters. The van der Waals surface area contributed by atoms with Gasteiger partial charge in [-0.25, -0.2) is 0 Å². The molecular formula is C14H10F3NO3. The third kappa shape index (κ3) is 3.71. The van der Waals surface area contributed by atoms with Gasteiger partial charge in [-0.3, -0.25) is 10.1 Å². The number of hydrogen-bond donors (Lipinski definition) is 0. The van der Waals surface area contributed by atoms with E-state index in [1.165, 1.54) is 18.2 Å². The Labute approximate surface area is 117 Å². The summed E-state index contributed by atoms with van der Waals surface area (Å²) in [5, 5.41) is 11.0. The van der Waals surface area contributed by atoms with Gasteiger partial charge in [-0.1, -0.05) is 23.8 Å². The van der Waals surface area contributed by atoms with Crippen LogP contribution in [0.2, 0.25) is 0 Å². The second-order valence-corrected chi connectivity index (χ2v) is 4.35. The summed E-state index contributed by atoms with van der Waals surface area (Å²) in [5.74, 6) is -0.374. The first-order valence-electron chi connectivity index (χ1n) is 5.87. The minimum Gasteiger partial charge on any atom is -0.406 e. The molecule has 0 saturated heterocycles. The molecule has 0 aliphatic heterocycles. The molecule has 2 aromatic carbocycles. The van der Waals surface area contributed by atoms with E-state index in [1.54, 1.807) is 19.1 Å². The Morgan fingerprint density at radius 1 is 1.10 bits per heavy atom. The van der Waals surface area contributed by atoms with E-state index in [1.807, 2.05) is 0 Å². The van der Waals surface area contributed by atoms with Gasteiger partial charge in [0.15, 0.2) is 0 Å². The number of aryl methyl sites for hydroxylation is 1. The molecule has 110 valence electrons. The van der Waals surface area contributed by atoms with Gasteiger partial charge in [0.1, 0.15) is 5.75 Å². The lowest BCUT2D eigenvalue weighted by atomic mass is 10.0. The molecule has 0 aliphatic carbocycles. The van der Waals surface area contributed by atoms with Crippen molar-refractivity contribution in [1.29, 1.82) is 0 Å². The Morgan fingerprint density at radius 3 is 2.24 bits per heavy atom. The summed E-state index contributed by atoms with van der Waals surface area (Å²) in [5.41, 5.74) is 1.50. The monoisotopic (exact) mass is 297 g/mol. The minimum absolute atomic E-state index is 0.106. The zero-order chi connectivity index (χ0) is 15.6. The van der Waals surface area contributed by atoms with Crippen molar-refractivity contribution in [3.63, 3.8) is 0 Å². The summed E-state index contributed by atoms with van der Waals surface area (Å²) in [6.45, 7) is 1.77. The van der Waals surface area contributed by atoms with E-state index in [9.17, 15) is 23.3 Å². The van der Waals surface area contributed by atoms with Crippen LogP contribution in [0.4, 0.5) is 18.9 Å². The first kappa shape index (κ1) is 14.8. The minimum atomic E-state index is -4.77. The topological polar surface area (TPSA) is 52.4 Å². The maximum atomic E-state index is 12.1. The first-order chi connectivity index (χ1) is 9.76. The van der Waals surface area contributed by atoms with Crippen LogP contribution in [0.5, 0.6) is 5.75 Å². The normalized spacial score (nSPS) is 11.2. The number of benzene rings is 2. The number of hydrogen-bond acceptors (Lipinski definition) is 3. The fourth-order valence-corrected chi connectivity index (χ4v) is 1.88. The maximum absolute atomic E-state index is 12.1. The summed E-state index contributed by atoms with van der Waals surface area (Å²) < 4.78 is 40.0. The van der Waals surface area contributed by atoms with Crippen molar-refractivity contribution < 1.29 is 22.8 Å². The molecule has 2 rings (SSSR count). The molecule has 21 heavy (non-hydrogen) atoms. The molecular weight excluding hydrogens is 287 g/mol. The molecule has 4 nitrogen and oxygen atoms in total. The Hall–Kier alpha value is -2.57. The average molecular weight is 297 g/mol. The van der Waals surface area contributed by atoms with Crippen LogP contribution >= 0.6 is 0 Å². The van der Waals surface area contributed by atoms with E-state index in [4.69, 9.17) is 0 Å².